The van der Waals surface area contributed by atoms with Gasteiger partial charge in [0, 0.05) is 26.1 Å². The third kappa shape index (κ3) is 4.73. The van der Waals surface area contributed by atoms with Gasteiger partial charge in [-0.25, -0.2) is 4.79 Å². The zero-order valence-electron chi connectivity index (χ0n) is 12.1. The van der Waals surface area contributed by atoms with Crippen LogP contribution in [0.1, 0.15) is 52.4 Å². The van der Waals surface area contributed by atoms with E-state index in [0.29, 0.717) is 18.4 Å². The third-order valence-electron chi connectivity index (χ3n) is 4.32. The lowest BCUT2D eigenvalue weighted by molar-refractivity contribution is -0.137. The summed E-state index contributed by atoms with van der Waals surface area (Å²) in [7, 11) is 0. The molecule has 1 aliphatic heterocycles. The first kappa shape index (κ1) is 15.8. The molecule has 0 unspecified atom stereocenters. The van der Waals surface area contributed by atoms with Crippen molar-refractivity contribution in [3.63, 3.8) is 0 Å². The molecule has 1 heterocycles. The lowest BCUT2D eigenvalue weighted by Gasteiger charge is -2.26. The van der Waals surface area contributed by atoms with Gasteiger partial charge >= 0.3 is 12.0 Å². The van der Waals surface area contributed by atoms with Crippen LogP contribution >= 0.6 is 0 Å². The molecule has 0 aromatic rings. The summed E-state index contributed by atoms with van der Waals surface area (Å²) in [4.78, 5) is 24.2. The quantitative estimate of drug-likeness (QED) is 0.698. The number of nitrogens with one attached hydrogen (secondary N) is 1. The number of carboxylic acids is 1. The summed E-state index contributed by atoms with van der Waals surface area (Å²) in [5.41, 5.74) is 0.306. The van der Waals surface area contributed by atoms with Crippen molar-refractivity contribution in [2.75, 3.05) is 19.6 Å². The van der Waals surface area contributed by atoms with Crippen molar-refractivity contribution in [1.29, 1.82) is 0 Å². The SMILES string of the molecule is CCC1(CC)CCN(C(=O)NCCCCC(=O)O)C1. The molecule has 0 aromatic heterocycles. The first-order chi connectivity index (χ1) is 9.03. The number of hydrogen-bond donors (Lipinski definition) is 2. The molecule has 19 heavy (non-hydrogen) atoms. The Kier molecular flexibility index (Phi) is 6.12. The highest BCUT2D eigenvalue weighted by molar-refractivity contribution is 5.74. The number of urea groups is 1. The molecule has 0 spiro atoms. The van der Waals surface area contributed by atoms with E-state index in [0.717, 1.165) is 38.8 Å². The van der Waals surface area contributed by atoms with Gasteiger partial charge in [0.1, 0.15) is 0 Å². The zero-order valence-corrected chi connectivity index (χ0v) is 12.1. The Morgan fingerprint density at radius 3 is 2.47 bits per heavy atom. The molecule has 5 nitrogen and oxygen atoms in total. The van der Waals surface area contributed by atoms with Gasteiger partial charge in [-0.05, 0) is 37.5 Å². The highest BCUT2D eigenvalue weighted by Crippen LogP contribution is 2.36. The molecule has 0 atom stereocenters. The largest absolute Gasteiger partial charge is 0.481 e. The van der Waals surface area contributed by atoms with Gasteiger partial charge in [-0.1, -0.05) is 13.8 Å². The highest BCUT2D eigenvalue weighted by Gasteiger charge is 2.36. The van der Waals surface area contributed by atoms with Crippen LogP contribution in [-0.4, -0.2) is 41.6 Å². The standard InChI is InChI=1S/C14H26N2O3/c1-3-14(4-2)8-10-16(11-14)13(19)15-9-6-5-7-12(17)18/h3-11H2,1-2H3,(H,15,19)(H,17,18). The molecule has 1 saturated heterocycles. The number of hydrogen-bond acceptors (Lipinski definition) is 2. The Morgan fingerprint density at radius 2 is 1.95 bits per heavy atom. The summed E-state index contributed by atoms with van der Waals surface area (Å²) < 4.78 is 0. The van der Waals surface area contributed by atoms with E-state index in [1.165, 1.54) is 0 Å². The number of rotatable bonds is 7. The fraction of sp³-hybridized carbons (Fsp3) is 0.857. The van der Waals surface area contributed by atoms with Crippen LogP contribution in [-0.2, 0) is 4.79 Å². The molecule has 2 amide bonds. The number of carboxylic acid groups (broad SMARTS) is 1. The summed E-state index contributed by atoms with van der Waals surface area (Å²) in [5.74, 6) is -0.776. The van der Waals surface area contributed by atoms with Crippen LogP contribution in [0.15, 0.2) is 0 Å². The van der Waals surface area contributed by atoms with E-state index in [2.05, 4.69) is 19.2 Å². The predicted molar refractivity (Wildman–Crippen MR) is 74.1 cm³/mol. The average molecular weight is 270 g/mol. The van der Waals surface area contributed by atoms with Crippen molar-refractivity contribution in [3.8, 4) is 0 Å². The summed E-state index contributed by atoms with van der Waals surface area (Å²) >= 11 is 0. The van der Waals surface area contributed by atoms with E-state index in [4.69, 9.17) is 5.11 Å². The molecular formula is C14H26N2O3. The van der Waals surface area contributed by atoms with Gasteiger partial charge in [-0.15, -0.1) is 0 Å². The monoisotopic (exact) mass is 270 g/mol. The number of unbranched alkanes of at least 4 members (excludes halogenated alkanes) is 1. The Hall–Kier alpha value is -1.26. The third-order valence-corrected chi connectivity index (χ3v) is 4.32. The lowest BCUT2D eigenvalue weighted by atomic mass is 9.82. The Labute approximate surface area is 115 Å². The van der Waals surface area contributed by atoms with Gasteiger partial charge in [0.25, 0.3) is 0 Å². The Balaban J connectivity index is 2.22. The van der Waals surface area contributed by atoms with E-state index in [1.807, 2.05) is 4.90 Å². The molecule has 0 aromatic carbocycles. The average Bonchev–Trinajstić information content (AvgIpc) is 2.83. The molecule has 2 N–H and O–H groups in total. The predicted octanol–water partition coefficient (Wildman–Crippen LogP) is 2.46. The molecule has 0 radical (unpaired) electrons. The smallest absolute Gasteiger partial charge is 0.317 e. The van der Waals surface area contributed by atoms with Crippen LogP contribution in [0.5, 0.6) is 0 Å². The van der Waals surface area contributed by atoms with Crippen molar-refractivity contribution in [1.82, 2.24) is 10.2 Å². The minimum absolute atomic E-state index is 0.000833. The lowest BCUT2D eigenvalue weighted by Crippen LogP contribution is -2.40. The van der Waals surface area contributed by atoms with Crippen LogP contribution in [0.4, 0.5) is 4.79 Å². The maximum Gasteiger partial charge on any atom is 0.317 e. The van der Waals surface area contributed by atoms with Crippen molar-refractivity contribution in [2.24, 2.45) is 5.41 Å². The first-order valence-corrected chi connectivity index (χ1v) is 7.27. The molecule has 0 aliphatic carbocycles. The Morgan fingerprint density at radius 1 is 1.26 bits per heavy atom. The summed E-state index contributed by atoms with van der Waals surface area (Å²) in [6, 6.07) is -0.000833. The van der Waals surface area contributed by atoms with Crippen LogP contribution in [0.2, 0.25) is 0 Å². The van der Waals surface area contributed by atoms with Gasteiger partial charge in [-0.3, -0.25) is 4.79 Å². The molecule has 0 saturated carbocycles. The minimum Gasteiger partial charge on any atom is -0.481 e. The molecule has 5 heteroatoms. The number of aliphatic carboxylic acids is 1. The van der Waals surface area contributed by atoms with E-state index >= 15 is 0 Å². The van der Waals surface area contributed by atoms with Crippen molar-refractivity contribution in [3.05, 3.63) is 0 Å². The zero-order chi connectivity index (χ0) is 14.3. The van der Waals surface area contributed by atoms with E-state index in [-0.39, 0.29) is 12.5 Å². The fourth-order valence-corrected chi connectivity index (χ4v) is 2.64. The fourth-order valence-electron chi connectivity index (χ4n) is 2.64. The van der Waals surface area contributed by atoms with Gasteiger partial charge < -0.3 is 15.3 Å². The van der Waals surface area contributed by atoms with Gasteiger partial charge in [0.2, 0.25) is 0 Å². The van der Waals surface area contributed by atoms with Crippen molar-refractivity contribution in [2.45, 2.75) is 52.4 Å². The topological polar surface area (TPSA) is 69.6 Å². The van der Waals surface area contributed by atoms with E-state index in [1.54, 1.807) is 0 Å². The number of likely N-dealkylation sites (tertiary alicyclic amines) is 1. The number of carbonyl (C=O) groups is 2. The normalized spacial score (nSPS) is 17.5. The van der Waals surface area contributed by atoms with Crippen molar-refractivity contribution < 1.29 is 14.7 Å². The summed E-state index contributed by atoms with van der Waals surface area (Å²) in [6.07, 6.45) is 4.83. The second-order valence-corrected chi connectivity index (χ2v) is 5.46. The molecular weight excluding hydrogens is 244 g/mol. The minimum atomic E-state index is -0.776. The second-order valence-electron chi connectivity index (χ2n) is 5.46. The van der Waals surface area contributed by atoms with Crippen molar-refractivity contribution >= 4 is 12.0 Å². The molecule has 110 valence electrons. The second kappa shape index (κ2) is 7.36. The first-order valence-electron chi connectivity index (χ1n) is 7.27. The van der Waals surface area contributed by atoms with Crippen LogP contribution < -0.4 is 5.32 Å². The summed E-state index contributed by atoms with van der Waals surface area (Å²) in [6.45, 7) is 6.63. The number of amides is 2. The Bertz CT molecular complexity index is 314. The van der Waals surface area contributed by atoms with Gasteiger partial charge in [-0.2, -0.15) is 0 Å². The molecule has 1 aliphatic rings. The van der Waals surface area contributed by atoms with Crippen LogP contribution in [0, 0.1) is 5.41 Å². The maximum atomic E-state index is 12.0. The molecule has 0 bridgehead atoms. The molecule has 1 fully saturated rings. The van der Waals surface area contributed by atoms with Gasteiger partial charge in [0.05, 0.1) is 0 Å². The van der Waals surface area contributed by atoms with Crippen LogP contribution in [0.3, 0.4) is 0 Å². The number of carbonyl (C=O) groups excluding carboxylic acids is 1. The van der Waals surface area contributed by atoms with E-state index < -0.39 is 5.97 Å². The van der Waals surface area contributed by atoms with Crippen LogP contribution in [0.25, 0.3) is 0 Å². The van der Waals surface area contributed by atoms with E-state index in [9.17, 15) is 9.59 Å². The van der Waals surface area contributed by atoms with Gasteiger partial charge in [0.15, 0.2) is 0 Å². The summed E-state index contributed by atoms with van der Waals surface area (Å²) in [5, 5.41) is 11.4. The number of nitrogens with zero attached hydrogens (tertiary/aromatic N) is 1. The maximum absolute atomic E-state index is 12.0. The molecule has 1 rings (SSSR count). The highest BCUT2D eigenvalue weighted by atomic mass is 16.4.